The molecule has 0 saturated carbocycles. The van der Waals surface area contributed by atoms with E-state index in [1.165, 1.54) is 7.05 Å². The van der Waals surface area contributed by atoms with Crippen LogP contribution < -0.4 is 19.7 Å². The van der Waals surface area contributed by atoms with Gasteiger partial charge in [-0.3, -0.25) is 4.90 Å². The van der Waals surface area contributed by atoms with E-state index in [0.717, 1.165) is 42.5 Å². The van der Waals surface area contributed by atoms with Gasteiger partial charge in [0, 0.05) is 39.3 Å². The molecule has 28 heavy (non-hydrogen) atoms. The predicted octanol–water partition coefficient (Wildman–Crippen LogP) is 3.95. The number of hydrogen-bond acceptors (Lipinski definition) is 5. The smallest absolute Gasteiger partial charge is 0.412 e. The molecule has 1 fully saturated rings. The lowest BCUT2D eigenvalue weighted by Crippen LogP contribution is -2.47. The first-order valence-electron chi connectivity index (χ1n) is 9.34. The number of piperazine rings is 1. The maximum atomic E-state index is 11.5. The van der Waals surface area contributed by atoms with E-state index in [9.17, 15) is 4.79 Å². The minimum atomic E-state index is -0.519. The van der Waals surface area contributed by atoms with Crippen molar-refractivity contribution in [2.24, 2.45) is 0 Å². The lowest BCUT2D eigenvalue weighted by atomic mass is 10.0. The number of methoxy groups -OCH3 is 1. The van der Waals surface area contributed by atoms with E-state index in [1.54, 1.807) is 13.2 Å². The van der Waals surface area contributed by atoms with Crippen LogP contribution in [0.15, 0.2) is 42.5 Å². The topological polar surface area (TPSA) is 54.0 Å². The van der Waals surface area contributed by atoms with Crippen LogP contribution in [0.5, 0.6) is 11.5 Å². The third-order valence-corrected chi connectivity index (χ3v) is 5.45. The summed E-state index contributed by atoms with van der Waals surface area (Å²) in [6.07, 6.45) is -0.519. The lowest BCUT2D eigenvalue weighted by Gasteiger charge is -2.39. The molecule has 7 heteroatoms. The summed E-state index contributed by atoms with van der Waals surface area (Å²) in [7, 11) is 3.09. The van der Waals surface area contributed by atoms with Crippen molar-refractivity contribution in [3.63, 3.8) is 0 Å². The summed E-state index contributed by atoms with van der Waals surface area (Å²) in [5, 5.41) is 3.23. The number of benzene rings is 2. The van der Waals surface area contributed by atoms with Crippen LogP contribution in [0.1, 0.15) is 18.5 Å². The zero-order valence-corrected chi connectivity index (χ0v) is 17.2. The van der Waals surface area contributed by atoms with Gasteiger partial charge in [-0.1, -0.05) is 29.8 Å². The van der Waals surface area contributed by atoms with Gasteiger partial charge in [-0.2, -0.15) is 0 Å². The van der Waals surface area contributed by atoms with E-state index in [4.69, 9.17) is 21.1 Å². The van der Waals surface area contributed by atoms with Gasteiger partial charge < -0.3 is 19.7 Å². The number of para-hydroxylation sites is 1. The number of nitrogens with one attached hydrogen (secondary N) is 1. The normalized spacial score (nSPS) is 15.8. The molecule has 2 aromatic rings. The van der Waals surface area contributed by atoms with Crippen LogP contribution in [0.2, 0.25) is 5.02 Å². The standard InChI is InChI=1S/C21H26ClN3O3/c1-15(16-8-9-19(20(14-16)27-3)28-21(26)23-2)24-10-12-25(13-11-24)18-7-5-4-6-17(18)22/h4-9,14-15H,10-13H2,1-3H3,(H,23,26). The molecule has 0 aliphatic carbocycles. The second-order valence-corrected chi connectivity index (χ2v) is 7.11. The Balaban J connectivity index is 1.67. The van der Waals surface area contributed by atoms with Crippen LogP contribution in [0.4, 0.5) is 10.5 Å². The van der Waals surface area contributed by atoms with E-state index in [-0.39, 0.29) is 6.04 Å². The average Bonchev–Trinajstić information content (AvgIpc) is 2.74. The molecule has 1 unspecified atom stereocenters. The summed E-state index contributed by atoms with van der Waals surface area (Å²) in [6.45, 7) is 5.89. The van der Waals surface area contributed by atoms with Gasteiger partial charge in [-0.05, 0) is 36.8 Å². The van der Waals surface area contributed by atoms with Gasteiger partial charge in [-0.25, -0.2) is 4.79 Å². The van der Waals surface area contributed by atoms with Crippen LogP contribution in [0.25, 0.3) is 0 Å². The van der Waals surface area contributed by atoms with Crippen LogP contribution in [0.3, 0.4) is 0 Å². The molecule has 1 heterocycles. The molecule has 0 radical (unpaired) electrons. The number of hydrogen-bond donors (Lipinski definition) is 1. The highest BCUT2D eigenvalue weighted by Crippen LogP contribution is 2.33. The van der Waals surface area contributed by atoms with Crippen molar-refractivity contribution in [3.8, 4) is 11.5 Å². The van der Waals surface area contributed by atoms with E-state index in [1.807, 2.05) is 30.3 Å². The molecule has 1 atom stereocenters. The first-order chi connectivity index (χ1) is 13.5. The number of ether oxygens (including phenoxy) is 2. The largest absolute Gasteiger partial charge is 0.493 e. The third kappa shape index (κ3) is 4.51. The van der Waals surface area contributed by atoms with Crippen LogP contribution in [-0.4, -0.2) is 51.3 Å². The van der Waals surface area contributed by atoms with E-state index < -0.39 is 6.09 Å². The van der Waals surface area contributed by atoms with Crippen molar-refractivity contribution in [2.45, 2.75) is 13.0 Å². The highest BCUT2D eigenvalue weighted by molar-refractivity contribution is 6.33. The molecular formula is C21H26ClN3O3. The summed E-state index contributed by atoms with van der Waals surface area (Å²) >= 11 is 6.34. The van der Waals surface area contributed by atoms with Crippen LogP contribution >= 0.6 is 11.6 Å². The summed E-state index contributed by atoms with van der Waals surface area (Å²) < 4.78 is 10.6. The Labute approximate surface area is 171 Å². The number of halogens is 1. The van der Waals surface area contributed by atoms with Crippen LogP contribution in [0, 0.1) is 0 Å². The van der Waals surface area contributed by atoms with Crippen molar-refractivity contribution < 1.29 is 14.3 Å². The zero-order valence-electron chi connectivity index (χ0n) is 16.4. The Kier molecular flexibility index (Phi) is 6.65. The molecule has 1 aliphatic heterocycles. The fourth-order valence-corrected chi connectivity index (χ4v) is 3.70. The van der Waals surface area contributed by atoms with Gasteiger partial charge in [-0.15, -0.1) is 0 Å². The number of carbonyl (C=O) groups is 1. The second-order valence-electron chi connectivity index (χ2n) is 6.70. The third-order valence-electron chi connectivity index (χ3n) is 5.13. The Bertz CT molecular complexity index is 822. The zero-order chi connectivity index (χ0) is 20.1. The van der Waals surface area contributed by atoms with Crippen LogP contribution in [-0.2, 0) is 0 Å². The van der Waals surface area contributed by atoms with E-state index in [0.29, 0.717) is 11.5 Å². The fraction of sp³-hybridized carbons (Fsp3) is 0.381. The molecule has 0 aromatic heterocycles. The quantitative estimate of drug-likeness (QED) is 0.819. The number of rotatable bonds is 5. The molecule has 6 nitrogen and oxygen atoms in total. The number of anilines is 1. The number of carbonyl (C=O) groups excluding carboxylic acids is 1. The van der Waals surface area contributed by atoms with Crippen molar-refractivity contribution >= 4 is 23.4 Å². The summed E-state index contributed by atoms with van der Waals surface area (Å²) in [5.41, 5.74) is 2.21. The number of nitrogens with zero attached hydrogens (tertiary/aromatic N) is 2. The summed E-state index contributed by atoms with van der Waals surface area (Å²) in [5.74, 6) is 0.948. The Hall–Kier alpha value is -2.44. The molecule has 1 aliphatic rings. The van der Waals surface area contributed by atoms with Crippen molar-refractivity contribution in [1.82, 2.24) is 10.2 Å². The van der Waals surface area contributed by atoms with Crippen molar-refractivity contribution in [3.05, 3.63) is 53.1 Å². The SMILES string of the molecule is CNC(=O)Oc1ccc(C(C)N2CCN(c3ccccc3Cl)CC2)cc1OC. The molecular weight excluding hydrogens is 378 g/mol. The Morgan fingerprint density at radius 3 is 2.46 bits per heavy atom. The minimum absolute atomic E-state index is 0.219. The first-order valence-corrected chi connectivity index (χ1v) is 9.72. The predicted molar refractivity (Wildman–Crippen MR) is 112 cm³/mol. The van der Waals surface area contributed by atoms with E-state index in [2.05, 4.69) is 28.1 Å². The second kappa shape index (κ2) is 9.17. The molecule has 0 spiro atoms. The van der Waals surface area contributed by atoms with Crippen molar-refractivity contribution in [2.75, 3.05) is 45.2 Å². The lowest BCUT2D eigenvalue weighted by molar-refractivity contribution is 0.196. The van der Waals surface area contributed by atoms with Gasteiger partial charge in [0.1, 0.15) is 0 Å². The molecule has 1 amide bonds. The van der Waals surface area contributed by atoms with Crippen molar-refractivity contribution in [1.29, 1.82) is 0 Å². The molecule has 150 valence electrons. The molecule has 1 saturated heterocycles. The maximum absolute atomic E-state index is 11.5. The minimum Gasteiger partial charge on any atom is -0.493 e. The first kappa shape index (κ1) is 20.3. The highest BCUT2D eigenvalue weighted by atomic mass is 35.5. The Morgan fingerprint density at radius 2 is 1.82 bits per heavy atom. The summed E-state index contributed by atoms with van der Waals surface area (Å²) in [6, 6.07) is 13.9. The fourth-order valence-electron chi connectivity index (χ4n) is 3.45. The molecule has 2 aromatic carbocycles. The summed E-state index contributed by atoms with van der Waals surface area (Å²) in [4.78, 5) is 16.2. The highest BCUT2D eigenvalue weighted by Gasteiger charge is 2.24. The molecule has 0 bridgehead atoms. The molecule has 1 N–H and O–H groups in total. The number of amides is 1. The van der Waals surface area contributed by atoms with Gasteiger partial charge in [0.25, 0.3) is 0 Å². The van der Waals surface area contributed by atoms with Gasteiger partial charge in [0.15, 0.2) is 11.5 Å². The van der Waals surface area contributed by atoms with E-state index >= 15 is 0 Å². The van der Waals surface area contributed by atoms with Gasteiger partial charge >= 0.3 is 6.09 Å². The Morgan fingerprint density at radius 1 is 1.11 bits per heavy atom. The molecule has 3 rings (SSSR count). The van der Waals surface area contributed by atoms with Gasteiger partial charge in [0.2, 0.25) is 0 Å². The average molecular weight is 404 g/mol. The maximum Gasteiger partial charge on any atom is 0.412 e. The van der Waals surface area contributed by atoms with Gasteiger partial charge in [0.05, 0.1) is 17.8 Å². The monoisotopic (exact) mass is 403 g/mol.